The van der Waals surface area contributed by atoms with Gasteiger partial charge in [0.25, 0.3) is 0 Å². The van der Waals surface area contributed by atoms with E-state index in [-0.39, 0.29) is 5.41 Å². The maximum Gasteiger partial charge on any atom is 0.0960 e. The first-order valence-electron chi connectivity index (χ1n) is 19.8. The highest BCUT2D eigenvalue weighted by Crippen LogP contribution is 2.65. The standard InChI is InChI=1S/C52H37N5/c1-32-37(28-29-53)50-47(17-9-31-54-50)56(32)35-22-18-33(19-23-35)34-20-24-36(25-21-34)57-45-16-7-4-12-40(45)48-46(57)27-26-43-49(48)51-44(15-8-30-55-51)52(43)41-13-5-2-10-38(41)39-11-3-6-14-42(39)52/h2,4-5,7-31H,3,6,53H2,1H3/b29-28-. The van der Waals surface area contributed by atoms with Crippen LogP contribution < -0.4 is 5.73 Å². The highest BCUT2D eigenvalue weighted by atomic mass is 15.0. The third kappa shape index (κ3) is 4.18. The summed E-state index contributed by atoms with van der Waals surface area (Å²) in [4.78, 5) is 9.87. The molecule has 270 valence electrons. The molecular weight excluding hydrogens is 695 g/mol. The fraction of sp³-hybridized carbons (Fsp3) is 0.0769. The smallest absolute Gasteiger partial charge is 0.0960 e. The molecule has 0 fully saturated rings. The number of hydrogen-bond donors (Lipinski definition) is 1. The zero-order valence-electron chi connectivity index (χ0n) is 31.4. The van der Waals surface area contributed by atoms with Crippen molar-refractivity contribution in [1.82, 2.24) is 19.1 Å². The second-order valence-corrected chi connectivity index (χ2v) is 15.4. The van der Waals surface area contributed by atoms with Crippen LogP contribution in [0.25, 0.3) is 78.2 Å². The molecule has 0 bridgehead atoms. The lowest BCUT2D eigenvalue weighted by molar-refractivity contribution is 0.780. The Morgan fingerprint density at radius 2 is 1.30 bits per heavy atom. The Balaban J connectivity index is 0.997. The van der Waals surface area contributed by atoms with E-state index in [1.165, 1.54) is 66.3 Å². The van der Waals surface area contributed by atoms with Crippen molar-refractivity contribution in [3.8, 4) is 33.8 Å². The monoisotopic (exact) mass is 731 g/mol. The van der Waals surface area contributed by atoms with E-state index in [9.17, 15) is 0 Å². The van der Waals surface area contributed by atoms with Gasteiger partial charge < -0.3 is 14.9 Å². The van der Waals surface area contributed by atoms with E-state index in [2.05, 4.69) is 161 Å². The van der Waals surface area contributed by atoms with Crippen molar-refractivity contribution < 1.29 is 0 Å². The number of para-hydroxylation sites is 1. The maximum atomic E-state index is 5.82. The fourth-order valence-corrected chi connectivity index (χ4v) is 10.5. The van der Waals surface area contributed by atoms with Crippen molar-refractivity contribution in [2.75, 3.05) is 0 Å². The zero-order valence-corrected chi connectivity index (χ0v) is 31.4. The van der Waals surface area contributed by atoms with Gasteiger partial charge in [0.15, 0.2) is 0 Å². The van der Waals surface area contributed by atoms with Gasteiger partial charge in [-0.1, -0.05) is 91.0 Å². The summed E-state index contributed by atoms with van der Waals surface area (Å²) in [5.74, 6) is 0. The molecule has 5 heteroatoms. The molecule has 1 spiro atoms. The lowest BCUT2D eigenvalue weighted by Crippen LogP contribution is -2.26. The van der Waals surface area contributed by atoms with Crippen LogP contribution in [-0.4, -0.2) is 19.1 Å². The molecule has 0 saturated heterocycles. The molecule has 3 aliphatic carbocycles. The van der Waals surface area contributed by atoms with E-state index in [1.807, 2.05) is 24.5 Å². The van der Waals surface area contributed by atoms with E-state index in [4.69, 9.17) is 10.7 Å². The minimum atomic E-state index is -0.385. The Hall–Kier alpha value is -7.24. The Labute approximate surface area is 330 Å². The first kappa shape index (κ1) is 32.0. The first-order valence-corrected chi connectivity index (χ1v) is 19.8. The molecule has 0 saturated carbocycles. The van der Waals surface area contributed by atoms with Gasteiger partial charge in [-0.2, -0.15) is 0 Å². The van der Waals surface area contributed by atoms with Gasteiger partial charge >= 0.3 is 0 Å². The summed E-state index contributed by atoms with van der Waals surface area (Å²) >= 11 is 0. The van der Waals surface area contributed by atoms with Gasteiger partial charge in [-0.3, -0.25) is 9.97 Å². The predicted octanol–water partition coefficient (Wildman–Crippen LogP) is 11.9. The summed E-state index contributed by atoms with van der Waals surface area (Å²) in [6, 6.07) is 49.0. The van der Waals surface area contributed by atoms with Gasteiger partial charge in [-0.15, -0.1) is 0 Å². The number of nitrogens with zero attached hydrogens (tertiary/aromatic N) is 4. The van der Waals surface area contributed by atoms with E-state index in [0.717, 1.165) is 57.8 Å². The van der Waals surface area contributed by atoms with Crippen molar-refractivity contribution in [2.45, 2.75) is 25.2 Å². The van der Waals surface area contributed by atoms with Crippen molar-refractivity contribution in [3.63, 3.8) is 0 Å². The molecular formula is C52H37N5. The number of pyridine rings is 2. The van der Waals surface area contributed by atoms with Gasteiger partial charge in [-0.05, 0) is 131 Å². The van der Waals surface area contributed by atoms with Crippen molar-refractivity contribution in [2.24, 2.45) is 5.73 Å². The van der Waals surface area contributed by atoms with E-state index in [1.54, 1.807) is 6.20 Å². The lowest BCUT2D eigenvalue weighted by atomic mass is 9.69. The Kier molecular flexibility index (Phi) is 6.68. The fourth-order valence-electron chi connectivity index (χ4n) is 10.5. The van der Waals surface area contributed by atoms with Crippen molar-refractivity contribution >= 4 is 44.5 Å². The molecule has 9 aromatic rings. The SMILES string of the molecule is Cc1c(/C=C\N)c2ncccc2n1-c1ccc(-c2ccc(-n3c4ccccc4c4c5c(ccc43)C3(C4=CCCC=C4c4ccccc43)c3cccnc3-5)cc2)cc1. The maximum absolute atomic E-state index is 5.82. The van der Waals surface area contributed by atoms with Crippen LogP contribution in [0.15, 0.2) is 170 Å². The third-order valence-electron chi connectivity index (χ3n) is 12.7. The minimum Gasteiger partial charge on any atom is -0.405 e. The molecule has 57 heavy (non-hydrogen) atoms. The van der Waals surface area contributed by atoms with Gasteiger partial charge in [0.2, 0.25) is 0 Å². The topological polar surface area (TPSA) is 61.7 Å². The zero-order chi connectivity index (χ0) is 37.8. The van der Waals surface area contributed by atoms with Gasteiger partial charge in [0, 0.05) is 51.4 Å². The van der Waals surface area contributed by atoms with Crippen LogP contribution in [0, 0.1) is 6.92 Å². The number of benzene rings is 5. The molecule has 5 aromatic carbocycles. The molecule has 4 aromatic heterocycles. The highest BCUT2D eigenvalue weighted by molar-refractivity contribution is 6.18. The molecule has 1 atom stereocenters. The molecule has 0 amide bonds. The van der Waals surface area contributed by atoms with Crippen LogP contribution in [0.2, 0.25) is 0 Å². The molecule has 2 N–H and O–H groups in total. The van der Waals surface area contributed by atoms with Crippen LogP contribution in [0.3, 0.4) is 0 Å². The summed E-state index contributed by atoms with van der Waals surface area (Å²) < 4.78 is 4.69. The molecule has 0 aliphatic heterocycles. The van der Waals surface area contributed by atoms with Gasteiger partial charge in [0.05, 0.1) is 33.2 Å². The number of allylic oxidation sites excluding steroid dienone is 4. The second-order valence-electron chi connectivity index (χ2n) is 15.4. The Bertz CT molecular complexity index is 3240. The largest absolute Gasteiger partial charge is 0.405 e. The van der Waals surface area contributed by atoms with Gasteiger partial charge in [-0.25, -0.2) is 0 Å². The average Bonchev–Trinajstić information content (AvgIpc) is 3.96. The van der Waals surface area contributed by atoms with Crippen LogP contribution in [0.1, 0.15) is 46.4 Å². The summed E-state index contributed by atoms with van der Waals surface area (Å²) in [7, 11) is 0. The third-order valence-corrected chi connectivity index (χ3v) is 12.7. The van der Waals surface area contributed by atoms with Crippen molar-refractivity contribution in [3.05, 3.63) is 203 Å². The molecule has 3 aliphatic rings. The highest BCUT2D eigenvalue weighted by Gasteiger charge is 2.54. The molecule has 4 heterocycles. The predicted molar refractivity (Wildman–Crippen MR) is 234 cm³/mol. The second kappa shape index (κ2) is 11.9. The first-order chi connectivity index (χ1) is 28.2. The Morgan fingerprint density at radius 3 is 2.12 bits per heavy atom. The van der Waals surface area contributed by atoms with Crippen LogP contribution >= 0.6 is 0 Å². The van der Waals surface area contributed by atoms with Crippen molar-refractivity contribution in [1.29, 1.82) is 0 Å². The summed E-state index contributed by atoms with van der Waals surface area (Å²) in [6.07, 6.45) is 14.4. The number of hydrogen-bond acceptors (Lipinski definition) is 3. The molecule has 0 radical (unpaired) electrons. The number of nitrogens with two attached hydrogens (primary N) is 1. The average molecular weight is 732 g/mol. The minimum absolute atomic E-state index is 0.385. The van der Waals surface area contributed by atoms with Crippen LogP contribution in [-0.2, 0) is 5.41 Å². The summed E-state index contributed by atoms with van der Waals surface area (Å²) in [5.41, 5.74) is 27.0. The lowest BCUT2D eigenvalue weighted by Gasteiger charge is -2.31. The molecule has 5 nitrogen and oxygen atoms in total. The normalized spacial score (nSPS) is 16.6. The molecule has 1 unspecified atom stereocenters. The van der Waals surface area contributed by atoms with Crippen LogP contribution in [0.5, 0.6) is 0 Å². The van der Waals surface area contributed by atoms with E-state index >= 15 is 0 Å². The summed E-state index contributed by atoms with van der Waals surface area (Å²) in [5, 5.41) is 2.50. The Morgan fingerprint density at radius 1 is 0.614 bits per heavy atom. The number of aromatic nitrogens is 4. The summed E-state index contributed by atoms with van der Waals surface area (Å²) in [6.45, 7) is 2.12. The molecule has 12 rings (SSSR count). The van der Waals surface area contributed by atoms with E-state index in [0.29, 0.717) is 0 Å². The van der Waals surface area contributed by atoms with E-state index < -0.39 is 0 Å². The number of rotatable bonds is 4. The van der Waals surface area contributed by atoms with Crippen LogP contribution in [0.4, 0.5) is 0 Å². The number of fused-ring (bicyclic) bond motifs is 15. The van der Waals surface area contributed by atoms with Gasteiger partial charge in [0.1, 0.15) is 0 Å². The quantitative estimate of drug-likeness (QED) is 0.196.